The number of benzene rings is 3. The average Bonchev–Trinajstić information content (AvgIpc) is 4.02. The second-order valence-electron chi connectivity index (χ2n) is 17.5. The van der Waals surface area contributed by atoms with Crippen molar-refractivity contribution in [3.05, 3.63) is 107 Å². The summed E-state index contributed by atoms with van der Waals surface area (Å²) in [7, 11) is 0. The Morgan fingerprint density at radius 1 is 0.984 bits per heavy atom. The molecule has 3 aromatic heterocycles. The normalized spacial score (nSPS) is 17.5. The zero-order chi connectivity index (χ0) is 44.0. The van der Waals surface area contributed by atoms with Gasteiger partial charge >= 0.3 is 11.8 Å². The summed E-state index contributed by atoms with van der Waals surface area (Å²) in [6, 6.07) is 21.4. The fraction of sp³-hybridized carbons (Fsp3) is 0.362. The number of anilines is 1. The highest BCUT2D eigenvalue weighted by Crippen LogP contribution is 2.35. The minimum absolute atomic E-state index is 0.0581. The second kappa shape index (κ2) is 16.7. The van der Waals surface area contributed by atoms with Crippen molar-refractivity contribution in [1.82, 2.24) is 45.8 Å². The first-order chi connectivity index (χ1) is 30.3. The van der Waals surface area contributed by atoms with Crippen LogP contribution in [-0.2, 0) is 21.5 Å². The molecule has 0 aliphatic carbocycles. The van der Waals surface area contributed by atoms with Gasteiger partial charge in [-0.25, -0.2) is 4.98 Å². The van der Waals surface area contributed by atoms with Crippen molar-refractivity contribution in [3.8, 4) is 28.1 Å². The molecule has 3 aliphatic rings. The van der Waals surface area contributed by atoms with E-state index in [-0.39, 0.29) is 35.6 Å². The van der Waals surface area contributed by atoms with Crippen LogP contribution in [0.1, 0.15) is 90.1 Å². The number of imide groups is 1. The number of pyridine rings is 1. The summed E-state index contributed by atoms with van der Waals surface area (Å²) in [5.41, 5.74) is 8.58. The number of H-pyrrole nitrogens is 1. The highest BCUT2D eigenvalue weighted by atomic mass is 16.5. The minimum Gasteiger partial charge on any atom is -0.491 e. The van der Waals surface area contributed by atoms with Gasteiger partial charge in [-0.2, -0.15) is 10.1 Å². The van der Waals surface area contributed by atoms with Crippen LogP contribution in [0.2, 0.25) is 0 Å². The van der Waals surface area contributed by atoms with Gasteiger partial charge in [-0.05, 0) is 72.9 Å². The molecule has 6 heterocycles. The molecule has 6 aromatic rings. The van der Waals surface area contributed by atoms with Crippen LogP contribution in [0, 0.1) is 6.92 Å². The smallest absolute Gasteiger partial charge is 0.315 e. The number of aromatic amines is 1. The van der Waals surface area contributed by atoms with E-state index in [1.54, 1.807) is 4.90 Å². The highest BCUT2D eigenvalue weighted by Gasteiger charge is 2.40. The number of carbonyl (C=O) groups excluding carboxylic acids is 4. The molecule has 3 N–H and O–H groups in total. The lowest BCUT2D eigenvalue weighted by molar-refractivity contribution is -0.136. The average molecular weight is 851 g/mol. The summed E-state index contributed by atoms with van der Waals surface area (Å²) in [5, 5.41) is 17.9. The Morgan fingerprint density at radius 3 is 2.49 bits per heavy atom. The second-order valence-corrected chi connectivity index (χ2v) is 17.5. The van der Waals surface area contributed by atoms with Crippen molar-refractivity contribution >= 4 is 40.3 Å². The standard InChI is InChI=1S/C47H50N10O6/c1-27-23-30(11-14-34(27)28(2)49-43(60)44-51-46(54-63-44)47(3,4)5)40-35-24-32(25-48-41(35)53-52-40)29-9-12-33(13-10-29)56-19-17-55(18-20-56)21-22-62-37-8-6-7-31-26-57(45(61)39(31)37)36-15-16-38(58)50-42(36)59/h6-14,23-25,28,36H,15-22,26H2,1-5H3,(H,49,60)(H,48,52,53)(H,50,58,59)/t28-,36-/m1/s1. The van der Waals surface area contributed by atoms with Gasteiger partial charge in [0.05, 0.1) is 11.6 Å². The molecule has 3 aliphatic heterocycles. The van der Waals surface area contributed by atoms with Crippen LogP contribution >= 0.6 is 0 Å². The Bertz CT molecular complexity index is 2730. The molecule has 16 heteroatoms. The Hall–Kier alpha value is -6.94. The van der Waals surface area contributed by atoms with Crippen molar-refractivity contribution in [2.75, 3.05) is 44.2 Å². The number of amides is 4. The molecule has 0 saturated carbocycles. The number of hydrogen-bond acceptors (Lipinski definition) is 12. The zero-order valence-corrected chi connectivity index (χ0v) is 36.0. The van der Waals surface area contributed by atoms with Crippen LogP contribution in [0.3, 0.4) is 0 Å². The van der Waals surface area contributed by atoms with Crippen LogP contribution in [0.4, 0.5) is 5.69 Å². The van der Waals surface area contributed by atoms with E-state index < -0.39 is 17.9 Å². The zero-order valence-electron chi connectivity index (χ0n) is 36.0. The first-order valence-corrected chi connectivity index (χ1v) is 21.4. The van der Waals surface area contributed by atoms with Crippen LogP contribution in [0.15, 0.2) is 77.4 Å². The maximum absolute atomic E-state index is 13.4. The Kier molecular flexibility index (Phi) is 11.0. The van der Waals surface area contributed by atoms with Gasteiger partial charge in [-0.1, -0.05) is 62.3 Å². The number of nitrogens with one attached hydrogen (secondary N) is 3. The summed E-state index contributed by atoms with van der Waals surface area (Å²) in [4.78, 5) is 65.8. The molecule has 2 fully saturated rings. The number of fused-ring (bicyclic) bond motifs is 2. The van der Waals surface area contributed by atoms with Crippen molar-refractivity contribution in [2.45, 2.75) is 71.5 Å². The molecule has 0 bridgehead atoms. The number of aromatic nitrogens is 5. The molecule has 0 unspecified atom stereocenters. The molecule has 324 valence electrons. The summed E-state index contributed by atoms with van der Waals surface area (Å²) in [5.74, 6) is -0.431. The van der Waals surface area contributed by atoms with Gasteiger partial charge in [-0.3, -0.25) is 34.5 Å². The molecule has 9 rings (SSSR count). The van der Waals surface area contributed by atoms with Crippen molar-refractivity contribution < 1.29 is 28.4 Å². The Labute approximate surface area is 364 Å². The maximum Gasteiger partial charge on any atom is 0.315 e. The molecule has 16 nitrogen and oxygen atoms in total. The van der Waals surface area contributed by atoms with E-state index in [1.807, 2.05) is 71.1 Å². The van der Waals surface area contributed by atoms with Crippen LogP contribution in [0.5, 0.6) is 5.75 Å². The third kappa shape index (κ3) is 8.37. The molecular formula is C47H50N10O6. The number of nitrogens with zero attached hydrogens (tertiary/aromatic N) is 7. The van der Waals surface area contributed by atoms with Gasteiger partial charge in [0, 0.05) is 79.5 Å². The number of carbonyl (C=O) groups is 4. The van der Waals surface area contributed by atoms with E-state index in [4.69, 9.17) is 14.2 Å². The largest absolute Gasteiger partial charge is 0.491 e. The van der Waals surface area contributed by atoms with E-state index in [9.17, 15) is 19.2 Å². The third-order valence-electron chi connectivity index (χ3n) is 12.2. The van der Waals surface area contributed by atoms with E-state index in [2.05, 4.69) is 77.2 Å². The quantitative estimate of drug-likeness (QED) is 0.134. The fourth-order valence-corrected chi connectivity index (χ4v) is 8.63. The van der Waals surface area contributed by atoms with E-state index in [1.165, 1.54) is 0 Å². The van der Waals surface area contributed by atoms with Gasteiger partial charge in [0.2, 0.25) is 11.8 Å². The lowest BCUT2D eigenvalue weighted by Gasteiger charge is -2.36. The number of piperidine rings is 1. The molecule has 3 aromatic carbocycles. The predicted molar refractivity (Wildman–Crippen MR) is 235 cm³/mol. The molecular weight excluding hydrogens is 801 g/mol. The molecule has 2 saturated heterocycles. The first kappa shape index (κ1) is 41.4. The van der Waals surface area contributed by atoms with Crippen LogP contribution in [0.25, 0.3) is 33.4 Å². The fourth-order valence-electron chi connectivity index (χ4n) is 8.63. The predicted octanol–water partition coefficient (Wildman–Crippen LogP) is 5.73. The summed E-state index contributed by atoms with van der Waals surface area (Å²) < 4.78 is 11.4. The van der Waals surface area contributed by atoms with Gasteiger partial charge in [0.1, 0.15) is 24.1 Å². The third-order valence-corrected chi connectivity index (χ3v) is 12.2. The Balaban J connectivity index is 0.789. The van der Waals surface area contributed by atoms with Crippen LogP contribution < -0.4 is 20.3 Å². The first-order valence-electron chi connectivity index (χ1n) is 21.4. The summed E-state index contributed by atoms with van der Waals surface area (Å²) in [6.45, 7) is 14.8. The number of ether oxygens (including phenoxy) is 1. The number of aryl methyl sites for hydroxylation is 1. The summed E-state index contributed by atoms with van der Waals surface area (Å²) >= 11 is 0. The van der Waals surface area contributed by atoms with Gasteiger partial charge in [0.25, 0.3) is 5.91 Å². The van der Waals surface area contributed by atoms with E-state index in [0.717, 1.165) is 82.9 Å². The molecule has 2 atom stereocenters. The minimum atomic E-state index is -0.659. The van der Waals surface area contributed by atoms with Gasteiger partial charge in [-0.15, -0.1) is 0 Å². The lowest BCUT2D eigenvalue weighted by atomic mass is 9.96. The van der Waals surface area contributed by atoms with Crippen molar-refractivity contribution in [3.63, 3.8) is 0 Å². The molecule has 0 spiro atoms. The highest BCUT2D eigenvalue weighted by molar-refractivity contribution is 6.06. The molecule has 0 radical (unpaired) electrons. The topological polar surface area (TPSA) is 192 Å². The lowest BCUT2D eigenvalue weighted by Crippen LogP contribution is -2.52. The molecule has 63 heavy (non-hydrogen) atoms. The maximum atomic E-state index is 13.4. The van der Waals surface area contributed by atoms with Crippen molar-refractivity contribution in [2.24, 2.45) is 0 Å². The summed E-state index contributed by atoms with van der Waals surface area (Å²) in [6.07, 6.45) is 2.40. The van der Waals surface area contributed by atoms with Crippen LogP contribution in [-0.4, -0.2) is 104 Å². The Morgan fingerprint density at radius 2 is 1.76 bits per heavy atom. The SMILES string of the molecule is Cc1cc(-c2n[nH]c3ncc(-c4ccc(N5CCN(CCOc6cccc7c6C(=O)N([C@@H]6CCC(=O)NC6=O)C7)CC5)cc4)cc23)ccc1[C@@H](C)NC(=O)c1nc(C(C)(C)C)no1. The number of rotatable bonds is 11. The molecule has 4 amide bonds. The van der Waals surface area contributed by atoms with E-state index >= 15 is 0 Å². The number of hydrogen-bond donors (Lipinski definition) is 3. The monoisotopic (exact) mass is 850 g/mol. The van der Waals surface area contributed by atoms with Gasteiger partial charge < -0.3 is 24.4 Å². The van der Waals surface area contributed by atoms with E-state index in [0.29, 0.717) is 42.4 Å². The van der Waals surface area contributed by atoms with Crippen molar-refractivity contribution in [1.29, 1.82) is 0 Å². The van der Waals surface area contributed by atoms with Gasteiger partial charge in [0.15, 0.2) is 11.5 Å². The number of piperazine rings is 1.